The third-order valence-electron chi connectivity index (χ3n) is 7.04. The zero-order valence-corrected chi connectivity index (χ0v) is 24.2. The van der Waals surface area contributed by atoms with E-state index in [1.54, 1.807) is 24.3 Å². The van der Waals surface area contributed by atoms with Crippen LogP contribution in [0.5, 0.6) is 5.75 Å². The molecule has 2 aliphatic rings. The Morgan fingerprint density at radius 3 is 2.50 bits per heavy atom. The number of carbonyl (C=O) groups excluding carboxylic acids is 5. The fraction of sp³-hybridized carbons (Fsp3) is 0.433. The van der Waals surface area contributed by atoms with Crippen molar-refractivity contribution in [3.8, 4) is 5.75 Å². The maximum atomic E-state index is 13.6. The number of amides is 5. The predicted molar refractivity (Wildman–Crippen MR) is 154 cm³/mol. The number of halogens is 1. The minimum Gasteiger partial charge on any atom is -0.484 e. The molecule has 2 atom stereocenters. The lowest BCUT2D eigenvalue weighted by atomic mass is 10.1. The molecule has 14 heteroatoms. The third-order valence-corrected chi connectivity index (χ3v) is 7.04. The van der Waals surface area contributed by atoms with Crippen LogP contribution in [0, 0.1) is 5.82 Å². The average molecular weight is 614 g/mol. The van der Waals surface area contributed by atoms with E-state index in [4.69, 9.17) is 14.2 Å². The van der Waals surface area contributed by atoms with Crippen LogP contribution in [0.15, 0.2) is 54.6 Å². The lowest BCUT2D eigenvalue weighted by molar-refractivity contribution is -0.145. The van der Waals surface area contributed by atoms with Gasteiger partial charge in [0.15, 0.2) is 6.61 Å². The van der Waals surface area contributed by atoms with Gasteiger partial charge in [-0.05, 0) is 42.8 Å². The van der Waals surface area contributed by atoms with E-state index in [1.165, 1.54) is 21.9 Å². The van der Waals surface area contributed by atoms with Crippen LogP contribution in [0.2, 0.25) is 0 Å². The Kier molecular flexibility index (Phi) is 12.0. The molecule has 0 radical (unpaired) electrons. The molecule has 0 saturated carbocycles. The van der Waals surface area contributed by atoms with Crippen molar-refractivity contribution < 1.29 is 42.6 Å². The molecule has 44 heavy (non-hydrogen) atoms. The summed E-state index contributed by atoms with van der Waals surface area (Å²) in [6.45, 7) is -0.167. The first kappa shape index (κ1) is 32.4. The summed E-state index contributed by atoms with van der Waals surface area (Å²) in [5.41, 5.74) is 0.238. The van der Waals surface area contributed by atoms with Crippen molar-refractivity contribution in [1.82, 2.24) is 25.8 Å². The van der Waals surface area contributed by atoms with E-state index in [0.717, 1.165) is 12.1 Å². The van der Waals surface area contributed by atoms with Crippen LogP contribution in [0.3, 0.4) is 0 Å². The zero-order chi connectivity index (χ0) is 31.3. The first-order valence-corrected chi connectivity index (χ1v) is 14.3. The van der Waals surface area contributed by atoms with Crippen LogP contribution in [-0.2, 0) is 28.7 Å². The molecule has 0 aromatic heterocycles. The van der Waals surface area contributed by atoms with Gasteiger partial charge in [0, 0.05) is 31.7 Å². The van der Waals surface area contributed by atoms with Crippen LogP contribution >= 0.6 is 0 Å². The maximum absolute atomic E-state index is 13.6. The van der Waals surface area contributed by atoms with Gasteiger partial charge in [-0.1, -0.05) is 18.2 Å². The fourth-order valence-electron chi connectivity index (χ4n) is 4.84. The topological polar surface area (TPSA) is 156 Å². The monoisotopic (exact) mass is 613 g/mol. The zero-order valence-electron chi connectivity index (χ0n) is 24.2. The van der Waals surface area contributed by atoms with Crippen molar-refractivity contribution in [3.63, 3.8) is 0 Å². The number of nitrogens with one attached hydrogen (secondary N) is 3. The number of rotatable bonds is 8. The smallest absolute Gasteiger partial charge is 0.258 e. The van der Waals surface area contributed by atoms with Gasteiger partial charge in [-0.15, -0.1) is 0 Å². The van der Waals surface area contributed by atoms with E-state index in [-0.39, 0.29) is 71.3 Å². The molecule has 2 heterocycles. The number of hydrogen-bond donors (Lipinski definition) is 3. The molecule has 0 aliphatic carbocycles. The Labute approximate surface area is 254 Å². The van der Waals surface area contributed by atoms with Crippen molar-refractivity contribution in [1.29, 1.82) is 0 Å². The van der Waals surface area contributed by atoms with E-state index in [9.17, 15) is 28.4 Å². The summed E-state index contributed by atoms with van der Waals surface area (Å²) in [6.07, 6.45) is 0.308. The van der Waals surface area contributed by atoms with Gasteiger partial charge in [0.2, 0.25) is 17.7 Å². The highest BCUT2D eigenvalue weighted by Crippen LogP contribution is 2.20. The van der Waals surface area contributed by atoms with Crippen molar-refractivity contribution in [3.05, 3.63) is 66.0 Å². The minimum absolute atomic E-state index is 0.00233. The molecule has 0 unspecified atom stereocenters. The molecule has 2 aromatic rings. The molecule has 5 amide bonds. The molecule has 2 aliphatic heterocycles. The summed E-state index contributed by atoms with van der Waals surface area (Å²) in [5.74, 6) is -2.36. The summed E-state index contributed by atoms with van der Waals surface area (Å²) in [4.78, 5) is 67.6. The number of para-hydroxylation sites is 1. The quantitative estimate of drug-likeness (QED) is 0.367. The molecule has 2 aromatic carbocycles. The standard InChI is InChI=1S/C30H36FN5O8/c31-22-8-6-21(7-9-22)29(40)32-11-14-35-18-26(38)36-13-10-24(34-25(37)19-44-23-4-2-1-3-5-23)28(36)30(41)33-12-15-42-16-17-43-20-27(35)39/h1-9,24,28H,10-20H2,(H,32,40)(H,33,41)(H,34,37)/t24-,28+/m1/s1. The predicted octanol–water partition coefficient (Wildman–Crippen LogP) is -0.288. The molecule has 3 N–H and O–H groups in total. The SMILES string of the molecule is O=C(COc1ccccc1)N[C@@H]1CCN2C(=O)CN(CCNC(=O)c3ccc(F)cc3)C(=O)COCCOCCNC(=O)[C@H]12. The summed E-state index contributed by atoms with van der Waals surface area (Å²) >= 11 is 0. The number of fused-ring (bicyclic) bond motifs is 1. The van der Waals surface area contributed by atoms with Gasteiger partial charge in [-0.3, -0.25) is 24.0 Å². The van der Waals surface area contributed by atoms with Gasteiger partial charge in [0.1, 0.15) is 24.2 Å². The van der Waals surface area contributed by atoms with Gasteiger partial charge in [0.25, 0.3) is 11.8 Å². The van der Waals surface area contributed by atoms with E-state index < -0.39 is 47.4 Å². The van der Waals surface area contributed by atoms with Gasteiger partial charge in [-0.2, -0.15) is 0 Å². The van der Waals surface area contributed by atoms with Crippen molar-refractivity contribution >= 4 is 29.5 Å². The Hall–Kier alpha value is -4.56. The summed E-state index contributed by atoms with van der Waals surface area (Å²) < 4.78 is 29.6. The molecular weight excluding hydrogens is 577 g/mol. The molecule has 2 fully saturated rings. The van der Waals surface area contributed by atoms with Gasteiger partial charge < -0.3 is 40.0 Å². The summed E-state index contributed by atoms with van der Waals surface area (Å²) in [6, 6.07) is 12.1. The number of nitrogens with zero attached hydrogens (tertiary/aromatic N) is 2. The first-order valence-electron chi connectivity index (χ1n) is 14.3. The molecule has 0 bridgehead atoms. The number of hydrogen-bond acceptors (Lipinski definition) is 8. The largest absolute Gasteiger partial charge is 0.484 e. The highest BCUT2D eigenvalue weighted by Gasteiger charge is 2.43. The summed E-state index contributed by atoms with van der Waals surface area (Å²) in [5, 5.41) is 8.22. The van der Waals surface area contributed by atoms with Crippen molar-refractivity contribution in [2.45, 2.75) is 18.5 Å². The van der Waals surface area contributed by atoms with Crippen LogP contribution in [0.1, 0.15) is 16.8 Å². The van der Waals surface area contributed by atoms with Crippen molar-refractivity contribution in [2.24, 2.45) is 0 Å². The average Bonchev–Trinajstić information content (AvgIpc) is 3.44. The van der Waals surface area contributed by atoms with Crippen LogP contribution in [0.4, 0.5) is 4.39 Å². The van der Waals surface area contributed by atoms with Gasteiger partial charge in [0.05, 0.1) is 32.4 Å². The number of carbonyl (C=O) groups is 5. The first-order chi connectivity index (χ1) is 21.3. The third kappa shape index (κ3) is 9.47. The number of ether oxygens (including phenoxy) is 3. The normalized spacial score (nSPS) is 20.2. The Balaban J connectivity index is 1.42. The van der Waals surface area contributed by atoms with Crippen LogP contribution in [-0.4, -0.2) is 117 Å². The fourth-order valence-corrected chi connectivity index (χ4v) is 4.84. The molecular formula is C30H36FN5O8. The second-order valence-corrected chi connectivity index (χ2v) is 10.1. The minimum atomic E-state index is -1.03. The number of benzene rings is 2. The Morgan fingerprint density at radius 1 is 0.977 bits per heavy atom. The second-order valence-electron chi connectivity index (χ2n) is 10.1. The van der Waals surface area contributed by atoms with Crippen LogP contribution in [0.25, 0.3) is 0 Å². The van der Waals surface area contributed by atoms with E-state index in [2.05, 4.69) is 16.0 Å². The lowest BCUT2D eigenvalue weighted by Gasteiger charge is -2.30. The molecule has 4 rings (SSSR count). The highest BCUT2D eigenvalue weighted by atomic mass is 19.1. The highest BCUT2D eigenvalue weighted by molar-refractivity contribution is 5.94. The Morgan fingerprint density at radius 2 is 1.73 bits per heavy atom. The lowest BCUT2D eigenvalue weighted by Crippen LogP contribution is -2.57. The Bertz CT molecular complexity index is 1300. The maximum Gasteiger partial charge on any atom is 0.258 e. The molecule has 0 spiro atoms. The van der Waals surface area contributed by atoms with Gasteiger partial charge in [-0.25, -0.2) is 4.39 Å². The summed E-state index contributed by atoms with van der Waals surface area (Å²) in [7, 11) is 0. The van der Waals surface area contributed by atoms with E-state index >= 15 is 0 Å². The molecule has 2 saturated heterocycles. The van der Waals surface area contributed by atoms with Gasteiger partial charge >= 0.3 is 0 Å². The second kappa shape index (κ2) is 16.3. The molecule has 13 nitrogen and oxygen atoms in total. The van der Waals surface area contributed by atoms with E-state index in [0.29, 0.717) is 12.2 Å². The molecule has 236 valence electrons. The van der Waals surface area contributed by atoms with Crippen LogP contribution < -0.4 is 20.7 Å². The van der Waals surface area contributed by atoms with Crippen molar-refractivity contribution in [2.75, 3.05) is 65.8 Å². The van der Waals surface area contributed by atoms with E-state index in [1.807, 2.05) is 6.07 Å².